The van der Waals surface area contributed by atoms with Crippen LogP contribution in [0.1, 0.15) is 36.0 Å². The number of carbonyl (C=O) groups excluding carboxylic acids is 2. The van der Waals surface area contributed by atoms with Crippen LogP contribution < -0.4 is 15.5 Å². The summed E-state index contributed by atoms with van der Waals surface area (Å²) in [7, 11) is 0. The second-order valence-corrected chi connectivity index (χ2v) is 7.11. The lowest BCUT2D eigenvalue weighted by atomic mass is 10.0. The highest BCUT2D eigenvalue weighted by molar-refractivity contribution is 6.02. The van der Waals surface area contributed by atoms with Gasteiger partial charge >= 0.3 is 0 Å². The lowest BCUT2D eigenvalue weighted by molar-refractivity contribution is -0.123. The fraction of sp³-hybridized carbons (Fsp3) is 0.400. The Balaban J connectivity index is 1.55. The summed E-state index contributed by atoms with van der Waals surface area (Å²) < 4.78 is 0. The zero-order chi connectivity index (χ0) is 18.6. The topological polar surface area (TPSA) is 87.2 Å². The van der Waals surface area contributed by atoms with Crippen molar-refractivity contribution >= 4 is 23.3 Å². The van der Waals surface area contributed by atoms with Gasteiger partial charge in [0, 0.05) is 30.9 Å². The third-order valence-corrected chi connectivity index (χ3v) is 5.22. The van der Waals surface area contributed by atoms with Gasteiger partial charge in [-0.2, -0.15) is 5.10 Å². The molecule has 2 heterocycles. The molecule has 140 valence electrons. The minimum absolute atomic E-state index is 0.0163. The van der Waals surface area contributed by atoms with Gasteiger partial charge in [-0.05, 0) is 49.2 Å². The average Bonchev–Trinajstić information content (AvgIpc) is 3.15. The molecule has 27 heavy (non-hydrogen) atoms. The number of hydrogen-bond acceptors (Lipinski definition) is 5. The number of benzene rings is 1. The molecule has 7 heteroatoms. The maximum Gasteiger partial charge on any atom is 0.251 e. The van der Waals surface area contributed by atoms with Crippen LogP contribution >= 0.6 is 0 Å². The van der Waals surface area contributed by atoms with E-state index in [0.717, 1.165) is 12.8 Å². The number of anilines is 2. The first-order valence-electron chi connectivity index (χ1n) is 9.46. The van der Waals surface area contributed by atoms with E-state index in [4.69, 9.17) is 0 Å². The van der Waals surface area contributed by atoms with Gasteiger partial charge < -0.3 is 10.6 Å². The Hall–Kier alpha value is -2.80. The summed E-state index contributed by atoms with van der Waals surface area (Å²) in [6.45, 7) is 1.33. The molecular formula is C20H23N5O2. The molecule has 0 unspecified atom stereocenters. The molecular weight excluding hydrogens is 342 g/mol. The summed E-state index contributed by atoms with van der Waals surface area (Å²) in [5, 5.41) is 14.2. The molecule has 1 aromatic heterocycles. The highest BCUT2D eigenvalue weighted by Crippen LogP contribution is 2.27. The summed E-state index contributed by atoms with van der Waals surface area (Å²) >= 11 is 0. The highest BCUT2D eigenvalue weighted by Gasteiger charge is 2.32. The molecule has 1 saturated carbocycles. The van der Waals surface area contributed by atoms with E-state index >= 15 is 0 Å². The minimum Gasteiger partial charge on any atom is -0.349 e. The van der Waals surface area contributed by atoms with Crippen LogP contribution in [0.25, 0.3) is 0 Å². The van der Waals surface area contributed by atoms with Crippen LogP contribution in [-0.2, 0) is 4.79 Å². The molecule has 2 fully saturated rings. The van der Waals surface area contributed by atoms with Crippen molar-refractivity contribution in [2.45, 2.75) is 31.7 Å². The standard InChI is InChI=1S/C20H23N5O2/c26-19(23-16-4-1-2-5-16)14-7-9-17(10-8-14)25(18-6-3-11-22-24-18)20(27)15-12-21-13-15/h3,6-11,15-16,21H,1-2,4-5,12-13H2,(H,23,26). The summed E-state index contributed by atoms with van der Waals surface area (Å²) in [6.07, 6.45) is 6.03. The molecule has 0 atom stereocenters. The Kier molecular flexibility index (Phi) is 5.11. The van der Waals surface area contributed by atoms with Gasteiger partial charge in [0.15, 0.2) is 5.82 Å². The van der Waals surface area contributed by atoms with Crippen molar-refractivity contribution < 1.29 is 9.59 Å². The fourth-order valence-corrected chi connectivity index (χ4v) is 3.53. The van der Waals surface area contributed by atoms with E-state index in [2.05, 4.69) is 20.8 Å². The van der Waals surface area contributed by atoms with Gasteiger partial charge in [0.1, 0.15) is 0 Å². The predicted octanol–water partition coefficient (Wildman–Crippen LogP) is 2.03. The predicted molar refractivity (Wildman–Crippen MR) is 102 cm³/mol. The lowest BCUT2D eigenvalue weighted by Gasteiger charge is -2.31. The number of aromatic nitrogens is 2. The molecule has 1 aliphatic carbocycles. The van der Waals surface area contributed by atoms with E-state index in [0.29, 0.717) is 30.2 Å². The Labute approximate surface area is 158 Å². The van der Waals surface area contributed by atoms with Crippen LogP contribution in [-0.4, -0.2) is 41.1 Å². The Morgan fingerprint density at radius 1 is 1.07 bits per heavy atom. The van der Waals surface area contributed by atoms with Crippen LogP contribution in [0.4, 0.5) is 11.5 Å². The molecule has 1 saturated heterocycles. The average molecular weight is 365 g/mol. The van der Waals surface area contributed by atoms with Crippen molar-refractivity contribution in [3.05, 3.63) is 48.2 Å². The van der Waals surface area contributed by atoms with Crippen LogP contribution in [0.2, 0.25) is 0 Å². The first kappa shape index (κ1) is 17.6. The van der Waals surface area contributed by atoms with E-state index in [1.165, 1.54) is 12.8 Å². The molecule has 0 bridgehead atoms. The molecule has 2 amide bonds. The second-order valence-electron chi connectivity index (χ2n) is 7.11. The Bertz CT molecular complexity index is 799. The van der Waals surface area contributed by atoms with Crippen LogP contribution in [0.15, 0.2) is 42.6 Å². The van der Waals surface area contributed by atoms with E-state index in [1.807, 2.05) is 0 Å². The number of nitrogens with zero attached hydrogens (tertiary/aromatic N) is 3. The SMILES string of the molecule is O=C(NC1CCCC1)c1ccc(N(C(=O)C2CNC2)c2cccnn2)cc1. The van der Waals surface area contributed by atoms with Gasteiger partial charge in [-0.3, -0.25) is 14.5 Å². The zero-order valence-corrected chi connectivity index (χ0v) is 15.1. The van der Waals surface area contributed by atoms with E-state index in [-0.39, 0.29) is 23.8 Å². The Morgan fingerprint density at radius 3 is 2.41 bits per heavy atom. The van der Waals surface area contributed by atoms with Crippen molar-refractivity contribution in [1.29, 1.82) is 0 Å². The largest absolute Gasteiger partial charge is 0.349 e. The van der Waals surface area contributed by atoms with Crippen LogP contribution in [0.3, 0.4) is 0 Å². The summed E-state index contributed by atoms with van der Waals surface area (Å²) in [5.74, 6) is 0.335. The van der Waals surface area contributed by atoms with E-state index in [9.17, 15) is 9.59 Å². The first-order chi connectivity index (χ1) is 13.2. The molecule has 0 spiro atoms. The number of amides is 2. The monoisotopic (exact) mass is 365 g/mol. The van der Waals surface area contributed by atoms with Gasteiger partial charge in [-0.25, -0.2) is 0 Å². The normalized spacial score (nSPS) is 17.3. The lowest BCUT2D eigenvalue weighted by Crippen LogP contribution is -2.51. The first-order valence-corrected chi connectivity index (χ1v) is 9.46. The van der Waals surface area contributed by atoms with Gasteiger partial charge in [0.2, 0.25) is 5.91 Å². The number of hydrogen-bond donors (Lipinski definition) is 2. The summed E-state index contributed by atoms with van der Waals surface area (Å²) in [6, 6.07) is 10.9. The smallest absolute Gasteiger partial charge is 0.251 e. The molecule has 0 radical (unpaired) electrons. The minimum atomic E-state index is -0.0719. The van der Waals surface area contributed by atoms with Gasteiger partial charge in [-0.1, -0.05) is 12.8 Å². The quantitative estimate of drug-likeness (QED) is 0.847. The maximum absolute atomic E-state index is 12.9. The highest BCUT2D eigenvalue weighted by atomic mass is 16.2. The van der Waals surface area contributed by atoms with Gasteiger partial charge in [-0.15, -0.1) is 5.10 Å². The maximum atomic E-state index is 12.9. The van der Waals surface area contributed by atoms with E-state index < -0.39 is 0 Å². The molecule has 2 N–H and O–H groups in total. The van der Waals surface area contributed by atoms with Gasteiger partial charge in [0.25, 0.3) is 5.91 Å². The number of rotatable bonds is 5. The third kappa shape index (κ3) is 3.83. The fourth-order valence-electron chi connectivity index (χ4n) is 3.53. The molecule has 4 rings (SSSR count). The van der Waals surface area contributed by atoms with E-state index in [1.54, 1.807) is 47.5 Å². The van der Waals surface area contributed by atoms with Crippen molar-refractivity contribution in [3.8, 4) is 0 Å². The van der Waals surface area contributed by atoms with Crippen LogP contribution in [0.5, 0.6) is 0 Å². The van der Waals surface area contributed by atoms with Crippen molar-refractivity contribution in [2.24, 2.45) is 5.92 Å². The molecule has 1 aromatic carbocycles. The van der Waals surface area contributed by atoms with Gasteiger partial charge in [0.05, 0.1) is 11.6 Å². The van der Waals surface area contributed by atoms with Crippen molar-refractivity contribution in [1.82, 2.24) is 20.8 Å². The third-order valence-electron chi connectivity index (χ3n) is 5.22. The van der Waals surface area contributed by atoms with Crippen LogP contribution in [0, 0.1) is 5.92 Å². The molecule has 2 aliphatic rings. The number of carbonyl (C=O) groups is 2. The van der Waals surface area contributed by atoms with Crippen molar-refractivity contribution in [3.63, 3.8) is 0 Å². The summed E-state index contributed by atoms with van der Waals surface area (Å²) in [5.41, 5.74) is 1.28. The summed E-state index contributed by atoms with van der Waals surface area (Å²) in [4.78, 5) is 26.9. The number of nitrogens with one attached hydrogen (secondary N) is 2. The second kappa shape index (κ2) is 7.84. The molecule has 1 aliphatic heterocycles. The molecule has 2 aromatic rings. The molecule has 7 nitrogen and oxygen atoms in total. The Morgan fingerprint density at radius 2 is 1.81 bits per heavy atom. The van der Waals surface area contributed by atoms with Crippen molar-refractivity contribution in [2.75, 3.05) is 18.0 Å². The zero-order valence-electron chi connectivity index (χ0n) is 15.1.